The molecular weight excluding hydrogens is 271 g/mol. The summed E-state index contributed by atoms with van der Waals surface area (Å²) >= 11 is 0. The maximum absolute atomic E-state index is 14.8. The Labute approximate surface area is 137 Å². The van der Waals surface area contributed by atoms with Gasteiger partial charge >= 0.3 is 0 Å². The number of hydrogen-bond acceptors (Lipinski definition) is 0. The number of hydrogen-bond donors (Lipinski definition) is 0. The summed E-state index contributed by atoms with van der Waals surface area (Å²) in [5.74, 6) is 0.482. The fourth-order valence-corrected chi connectivity index (χ4v) is 3.47. The Morgan fingerprint density at radius 3 is 2.36 bits per heavy atom. The van der Waals surface area contributed by atoms with E-state index in [-0.39, 0.29) is 11.2 Å². The van der Waals surface area contributed by atoms with E-state index >= 15 is 0 Å². The van der Waals surface area contributed by atoms with Crippen LogP contribution < -0.4 is 0 Å². The van der Waals surface area contributed by atoms with Crippen LogP contribution in [0, 0.1) is 18.2 Å². The van der Waals surface area contributed by atoms with E-state index in [1.54, 1.807) is 0 Å². The summed E-state index contributed by atoms with van der Waals surface area (Å²) in [4.78, 5) is 0. The Morgan fingerprint density at radius 2 is 1.77 bits per heavy atom. The van der Waals surface area contributed by atoms with Crippen LogP contribution in [0.25, 0.3) is 0 Å². The number of halogens is 1. The van der Waals surface area contributed by atoms with Gasteiger partial charge in [-0.05, 0) is 54.2 Å². The van der Waals surface area contributed by atoms with Crippen molar-refractivity contribution in [2.24, 2.45) is 5.41 Å². The van der Waals surface area contributed by atoms with Crippen LogP contribution >= 0.6 is 0 Å². The van der Waals surface area contributed by atoms with E-state index in [1.807, 2.05) is 13.0 Å². The first-order valence-electron chi connectivity index (χ1n) is 9.10. The molecule has 126 valence electrons. The summed E-state index contributed by atoms with van der Waals surface area (Å²) in [5.41, 5.74) is 3.13. The molecule has 0 aliphatic heterocycles. The number of unbranched alkanes of at least 4 members (excludes halogenated alkanes) is 2. The maximum Gasteiger partial charge on any atom is 0.129 e. The molecule has 0 spiro atoms. The molecule has 1 unspecified atom stereocenters. The predicted molar refractivity (Wildman–Crippen MR) is 96.1 cm³/mol. The molecule has 0 aliphatic rings. The second kappa shape index (κ2) is 8.70. The average Bonchev–Trinajstić information content (AvgIpc) is 2.44. The van der Waals surface area contributed by atoms with Gasteiger partial charge in [0.25, 0.3) is 0 Å². The van der Waals surface area contributed by atoms with Crippen molar-refractivity contribution in [2.45, 2.75) is 92.4 Å². The van der Waals surface area contributed by atoms with Crippen LogP contribution in [0.2, 0.25) is 0 Å². The number of rotatable bonds is 9. The van der Waals surface area contributed by atoms with E-state index < -0.39 is 0 Å². The average molecular weight is 307 g/mol. The van der Waals surface area contributed by atoms with Crippen molar-refractivity contribution in [2.75, 3.05) is 0 Å². The molecule has 22 heavy (non-hydrogen) atoms. The normalized spacial score (nSPS) is 13.4. The lowest BCUT2D eigenvalue weighted by atomic mass is 9.80. The van der Waals surface area contributed by atoms with Gasteiger partial charge in [0, 0.05) is 0 Å². The van der Waals surface area contributed by atoms with Crippen LogP contribution in [0.1, 0.15) is 95.8 Å². The van der Waals surface area contributed by atoms with Crippen LogP contribution in [0.3, 0.4) is 0 Å². The van der Waals surface area contributed by atoms with Gasteiger partial charge in [-0.15, -0.1) is 0 Å². The van der Waals surface area contributed by atoms with E-state index in [9.17, 15) is 4.39 Å². The molecule has 0 nitrogen and oxygen atoms in total. The Balaban J connectivity index is 2.86. The van der Waals surface area contributed by atoms with Crippen LogP contribution in [-0.2, 0) is 6.42 Å². The molecule has 0 N–H and O–H groups in total. The number of benzene rings is 1. The molecule has 1 aromatic rings. The highest BCUT2D eigenvalue weighted by molar-refractivity contribution is 5.35. The molecule has 0 radical (unpaired) electrons. The summed E-state index contributed by atoms with van der Waals surface area (Å²) in [5, 5.41) is 0. The standard InChI is InChI=1S/C21H35F/c1-7-9-10-14-21(5,6)15-18-12-13-19(16(3)11-8-2)17(4)20(18)22/h12-13,16H,7-11,14-15H2,1-6H3. The van der Waals surface area contributed by atoms with E-state index in [0.29, 0.717) is 5.92 Å². The van der Waals surface area contributed by atoms with Gasteiger partial charge < -0.3 is 0 Å². The monoisotopic (exact) mass is 306 g/mol. The van der Waals surface area contributed by atoms with Gasteiger partial charge in [0.2, 0.25) is 0 Å². The molecular formula is C21H35F. The Morgan fingerprint density at radius 1 is 1.09 bits per heavy atom. The van der Waals surface area contributed by atoms with Crippen LogP contribution in [-0.4, -0.2) is 0 Å². The Kier molecular flexibility index (Phi) is 7.59. The zero-order valence-corrected chi connectivity index (χ0v) is 15.6. The van der Waals surface area contributed by atoms with E-state index in [4.69, 9.17) is 0 Å². The maximum atomic E-state index is 14.8. The molecule has 0 bridgehead atoms. The van der Waals surface area contributed by atoms with E-state index in [0.717, 1.165) is 30.4 Å². The Hall–Kier alpha value is -0.850. The molecule has 0 aromatic heterocycles. The second-order valence-electron chi connectivity index (χ2n) is 7.74. The smallest absolute Gasteiger partial charge is 0.129 e. The third kappa shape index (κ3) is 5.41. The topological polar surface area (TPSA) is 0 Å². The van der Waals surface area contributed by atoms with Gasteiger partial charge in [-0.1, -0.05) is 72.4 Å². The highest BCUT2D eigenvalue weighted by atomic mass is 19.1. The van der Waals surface area contributed by atoms with Gasteiger partial charge in [0.15, 0.2) is 0 Å². The second-order valence-corrected chi connectivity index (χ2v) is 7.74. The van der Waals surface area contributed by atoms with Gasteiger partial charge in [-0.2, -0.15) is 0 Å². The minimum Gasteiger partial charge on any atom is -0.206 e. The fourth-order valence-electron chi connectivity index (χ4n) is 3.47. The summed E-state index contributed by atoms with van der Waals surface area (Å²) in [6.45, 7) is 13.1. The van der Waals surface area contributed by atoms with Crippen molar-refractivity contribution in [1.82, 2.24) is 0 Å². The van der Waals surface area contributed by atoms with Crippen molar-refractivity contribution in [3.63, 3.8) is 0 Å². The largest absolute Gasteiger partial charge is 0.206 e. The minimum absolute atomic E-state index is 0.0315. The van der Waals surface area contributed by atoms with Gasteiger partial charge in [0.05, 0.1) is 0 Å². The van der Waals surface area contributed by atoms with Crippen molar-refractivity contribution in [3.8, 4) is 0 Å². The van der Waals surface area contributed by atoms with E-state index in [2.05, 4.69) is 40.7 Å². The quantitative estimate of drug-likeness (QED) is 0.424. The molecule has 0 heterocycles. The molecule has 0 amide bonds. The van der Waals surface area contributed by atoms with Crippen LogP contribution in [0.15, 0.2) is 12.1 Å². The summed E-state index contributed by atoms with van der Waals surface area (Å²) in [7, 11) is 0. The summed E-state index contributed by atoms with van der Waals surface area (Å²) < 4.78 is 14.8. The zero-order valence-electron chi connectivity index (χ0n) is 15.6. The van der Waals surface area contributed by atoms with Crippen molar-refractivity contribution in [3.05, 3.63) is 34.6 Å². The molecule has 0 fully saturated rings. The molecule has 0 saturated carbocycles. The molecule has 1 heteroatoms. The lowest BCUT2D eigenvalue weighted by molar-refractivity contribution is 0.314. The van der Waals surface area contributed by atoms with Gasteiger partial charge in [-0.3, -0.25) is 0 Å². The predicted octanol–water partition coefficient (Wildman–Crippen LogP) is 7.19. The third-order valence-electron chi connectivity index (χ3n) is 4.89. The first-order chi connectivity index (χ1) is 10.3. The SMILES string of the molecule is CCCCCC(C)(C)Cc1ccc(C(C)CCC)c(C)c1F. The lowest BCUT2D eigenvalue weighted by Gasteiger charge is -2.26. The first kappa shape index (κ1) is 19.2. The highest BCUT2D eigenvalue weighted by Gasteiger charge is 2.22. The fraction of sp³-hybridized carbons (Fsp3) is 0.714. The molecule has 1 atom stereocenters. The highest BCUT2D eigenvalue weighted by Crippen LogP contribution is 2.33. The summed E-state index contributed by atoms with van der Waals surface area (Å²) in [6.07, 6.45) is 8.05. The molecule has 0 saturated heterocycles. The lowest BCUT2D eigenvalue weighted by Crippen LogP contribution is -2.16. The molecule has 1 rings (SSSR count). The minimum atomic E-state index is 0.0315. The van der Waals surface area contributed by atoms with Crippen molar-refractivity contribution in [1.29, 1.82) is 0 Å². The van der Waals surface area contributed by atoms with E-state index in [1.165, 1.54) is 31.2 Å². The molecule has 0 aliphatic carbocycles. The Bertz CT molecular complexity index is 459. The van der Waals surface area contributed by atoms with Crippen molar-refractivity contribution < 1.29 is 4.39 Å². The van der Waals surface area contributed by atoms with Gasteiger partial charge in [0.1, 0.15) is 5.82 Å². The van der Waals surface area contributed by atoms with Crippen LogP contribution in [0.4, 0.5) is 4.39 Å². The van der Waals surface area contributed by atoms with Gasteiger partial charge in [-0.25, -0.2) is 4.39 Å². The van der Waals surface area contributed by atoms with Crippen LogP contribution in [0.5, 0.6) is 0 Å². The summed E-state index contributed by atoms with van der Waals surface area (Å²) in [6, 6.07) is 4.20. The molecule has 1 aromatic carbocycles. The first-order valence-corrected chi connectivity index (χ1v) is 9.10. The zero-order chi connectivity index (χ0) is 16.8. The van der Waals surface area contributed by atoms with Crippen molar-refractivity contribution >= 4 is 0 Å². The third-order valence-corrected chi connectivity index (χ3v) is 4.89.